The van der Waals surface area contributed by atoms with Crippen LogP contribution in [0.4, 0.5) is 11.5 Å². The molecular formula is C14H18N4O. The normalized spacial score (nSPS) is 13.7. The molecule has 2 N–H and O–H groups in total. The molecule has 0 radical (unpaired) electrons. The summed E-state index contributed by atoms with van der Waals surface area (Å²) in [5.74, 6) is 1.58. The molecule has 5 heteroatoms. The molecule has 2 heterocycles. The molecule has 0 atom stereocenters. The maximum atomic E-state index is 6.07. The molecule has 0 spiro atoms. The van der Waals surface area contributed by atoms with Crippen LogP contribution < -0.4 is 15.4 Å². The van der Waals surface area contributed by atoms with Gasteiger partial charge in [0, 0.05) is 43.0 Å². The number of anilines is 2. The Bertz CT molecular complexity index is 633. The Kier molecular flexibility index (Phi) is 2.62. The number of benzene rings is 1. The van der Waals surface area contributed by atoms with Gasteiger partial charge in [-0.3, -0.25) is 4.68 Å². The van der Waals surface area contributed by atoms with Gasteiger partial charge in [-0.2, -0.15) is 5.10 Å². The summed E-state index contributed by atoms with van der Waals surface area (Å²) >= 11 is 0. The highest BCUT2D eigenvalue weighted by Gasteiger charge is 2.24. The molecule has 0 saturated heterocycles. The SMILES string of the molecule is COc1c(-c2cnn(C)c2N)ccc2c1CCN2C. The van der Waals surface area contributed by atoms with Gasteiger partial charge in [0.25, 0.3) is 0 Å². The summed E-state index contributed by atoms with van der Waals surface area (Å²) in [6, 6.07) is 4.19. The van der Waals surface area contributed by atoms with Crippen molar-refractivity contribution in [2.75, 3.05) is 31.3 Å². The van der Waals surface area contributed by atoms with Crippen LogP contribution >= 0.6 is 0 Å². The third-order valence-electron chi connectivity index (χ3n) is 3.82. The Balaban J connectivity index is 2.21. The first-order valence-corrected chi connectivity index (χ1v) is 6.32. The number of aryl methyl sites for hydroxylation is 1. The maximum Gasteiger partial charge on any atom is 0.132 e. The van der Waals surface area contributed by atoms with Crippen LogP contribution in [0, 0.1) is 0 Å². The highest BCUT2D eigenvalue weighted by molar-refractivity contribution is 5.83. The van der Waals surface area contributed by atoms with Crippen molar-refractivity contribution in [3.63, 3.8) is 0 Å². The van der Waals surface area contributed by atoms with Gasteiger partial charge < -0.3 is 15.4 Å². The smallest absolute Gasteiger partial charge is 0.132 e. The number of nitrogens with two attached hydrogens (primary N) is 1. The highest BCUT2D eigenvalue weighted by Crippen LogP contribution is 2.42. The van der Waals surface area contributed by atoms with E-state index >= 15 is 0 Å². The van der Waals surface area contributed by atoms with Crippen LogP contribution in [0.1, 0.15) is 5.56 Å². The summed E-state index contributed by atoms with van der Waals surface area (Å²) in [5, 5.41) is 4.20. The van der Waals surface area contributed by atoms with Crippen LogP contribution in [-0.4, -0.2) is 30.5 Å². The standard InChI is InChI=1S/C14H18N4O/c1-17-7-6-10-12(17)5-4-9(13(10)19-3)11-8-16-18(2)14(11)15/h4-5,8H,6-7,15H2,1-3H3. The van der Waals surface area contributed by atoms with Gasteiger partial charge >= 0.3 is 0 Å². The fourth-order valence-electron chi connectivity index (χ4n) is 2.72. The molecule has 0 aliphatic carbocycles. The van der Waals surface area contributed by atoms with E-state index in [1.54, 1.807) is 18.0 Å². The highest BCUT2D eigenvalue weighted by atomic mass is 16.5. The lowest BCUT2D eigenvalue weighted by Crippen LogP contribution is -2.12. The van der Waals surface area contributed by atoms with Gasteiger partial charge in [-0.25, -0.2) is 0 Å². The largest absolute Gasteiger partial charge is 0.496 e. The van der Waals surface area contributed by atoms with E-state index in [2.05, 4.69) is 29.2 Å². The van der Waals surface area contributed by atoms with Crippen molar-refractivity contribution < 1.29 is 4.74 Å². The molecule has 5 nitrogen and oxygen atoms in total. The van der Waals surface area contributed by atoms with Gasteiger partial charge in [-0.1, -0.05) is 0 Å². The van der Waals surface area contributed by atoms with Crippen LogP contribution in [0.2, 0.25) is 0 Å². The predicted molar refractivity (Wildman–Crippen MR) is 76.6 cm³/mol. The van der Waals surface area contributed by atoms with Gasteiger partial charge in [-0.05, 0) is 18.6 Å². The quantitative estimate of drug-likeness (QED) is 0.890. The third-order valence-corrected chi connectivity index (χ3v) is 3.82. The molecule has 0 amide bonds. The molecule has 0 unspecified atom stereocenters. The van der Waals surface area contributed by atoms with E-state index in [0.717, 1.165) is 29.8 Å². The zero-order valence-corrected chi connectivity index (χ0v) is 11.5. The molecule has 3 rings (SSSR count). The Hall–Kier alpha value is -2.17. The molecule has 1 aromatic heterocycles. The molecule has 19 heavy (non-hydrogen) atoms. The lowest BCUT2D eigenvalue weighted by atomic mass is 10.0. The van der Waals surface area contributed by atoms with E-state index < -0.39 is 0 Å². The zero-order valence-electron chi connectivity index (χ0n) is 11.5. The van der Waals surface area contributed by atoms with Gasteiger partial charge in [0.15, 0.2) is 0 Å². The van der Waals surface area contributed by atoms with Crippen molar-refractivity contribution in [2.45, 2.75) is 6.42 Å². The number of aromatic nitrogens is 2. The second kappa shape index (κ2) is 4.19. The van der Waals surface area contributed by atoms with E-state index in [1.165, 1.54) is 11.3 Å². The predicted octanol–water partition coefficient (Wildman–Crippen LogP) is 1.67. The summed E-state index contributed by atoms with van der Waals surface area (Å²) < 4.78 is 7.31. The van der Waals surface area contributed by atoms with E-state index in [4.69, 9.17) is 10.5 Å². The van der Waals surface area contributed by atoms with Gasteiger partial charge in [0.1, 0.15) is 11.6 Å². The minimum absolute atomic E-state index is 0.657. The van der Waals surface area contributed by atoms with E-state index in [9.17, 15) is 0 Å². The first-order chi connectivity index (χ1) is 9.13. The van der Waals surface area contributed by atoms with Crippen LogP contribution in [0.25, 0.3) is 11.1 Å². The second-order valence-corrected chi connectivity index (χ2v) is 4.88. The van der Waals surface area contributed by atoms with Crippen LogP contribution in [0.5, 0.6) is 5.75 Å². The maximum absolute atomic E-state index is 6.07. The number of likely N-dealkylation sites (N-methyl/N-ethyl adjacent to an activating group) is 1. The average Bonchev–Trinajstić information content (AvgIpc) is 2.94. The summed E-state index contributed by atoms with van der Waals surface area (Å²) in [7, 11) is 5.65. The van der Waals surface area contributed by atoms with E-state index in [-0.39, 0.29) is 0 Å². The van der Waals surface area contributed by atoms with Crippen molar-refractivity contribution in [1.29, 1.82) is 0 Å². The summed E-state index contributed by atoms with van der Waals surface area (Å²) in [4.78, 5) is 2.24. The molecule has 0 bridgehead atoms. The topological polar surface area (TPSA) is 56.3 Å². The Morgan fingerprint density at radius 2 is 2.05 bits per heavy atom. The van der Waals surface area contributed by atoms with Crippen molar-refractivity contribution in [1.82, 2.24) is 9.78 Å². The summed E-state index contributed by atoms with van der Waals surface area (Å²) in [6.45, 7) is 1.03. The number of methoxy groups -OCH3 is 1. The third kappa shape index (κ3) is 1.65. The molecule has 1 aliphatic heterocycles. The van der Waals surface area contributed by atoms with Crippen molar-refractivity contribution in [3.05, 3.63) is 23.9 Å². The van der Waals surface area contributed by atoms with Gasteiger partial charge in [0.2, 0.25) is 0 Å². The fraction of sp³-hybridized carbons (Fsp3) is 0.357. The minimum atomic E-state index is 0.657. The molecule has 1 aliphatic rings. The lowest BCUT2D eigenvalue weighted by molar-refractivity contribution is 0.413. The van der Waals surface area contributed by atoms with E-state index in [0.29, 0.717) is 5.82 Å². The lowest BCUT2D eigenvalue weighted by Gasteiger charge is -2.15. The summed E-state index contributed by atoms with van der Waals surface area (Å²) in [5.41, 5.74) is 10.5. The average molecular weight is 258 g/mol. The monoisotopic (exact) mass is 258 g/mol. The minimum Gasteiger partial charge on any atom is -0.496 e. The van der Waals surface area contributed by atoms with E-state index in [1.807, 2.05) is 7.05 Å². The first-order valence-electron chi connectivity index (χ1n) is 6.32. The van der Waals surface area contributed by atoms with Crippen molar-refractivity contribution >= 4 is 11.5 Å². The van der Waals surface area contributed by atoms with Crippen molar-refractivity contribution in [2.24, 2.45) is 7.05 Å². The number of fused-ring (bicyclic) bond motifs is 1. The first kappa shape index (κ1) is 11.9. The van der Waals surface area contributed by atoms with Gasteiger partial charge in [-0.15, -0.1) is 0 Å². The number of nitrogen functional groups attached to an aromatic ring is 1. The number of rotatable bonds is 2. The molecule has 2 aromatic rings. The summed E-state index contributed by atoms with van der Waals surface area (Å²) in [6.07, 6.45) is 2.79. The zero-order chi connectivity index (χ0) is 13.6. The van der Waals surface area contributed by atoms with Crippen LogP contribution in [0.15, 0.2) is 18.3 Å². The molecular weight excluding hydrogens is 240 g/mol. The molecule has 1 aromatic carbocycles. The van der Waals surface area contributed by atoms with Crippen LogP contribution in [0.3, 0.4) is 0 Å². The number of hydrogen-bond donors (Lipinski definition) is 1. The molecule has 100 valence electrons. The number of nitrogens with zero attached hydrogens (tertiary/aromatic N) is 3. The van der Waals surface area contributed by atoms with Crippen LogP contribution in [-0.2, 0) is 13.5 Å². The fourth-order valence-corrected chi connectivity index (χ4v) is 2.72. The number of hydrogen-bond acceptors (Lipinski definition) is 4. The number of ether oxygens (including phenoxy) is 1. The Morgan fingerprint density at radius 3 is 2.68 bits per heavy atom. The second-order valence-electron chi connectivity index (χ2n) is 4.88. The molecule has 0 fully saturated rings. The molecule has 0 saturated carbocycles. The Labute approximate surface area is 112 Å². The Morgan fingerprint density at radius 1 is 1.26 bits per heavy atom. The van der Waals surface area contributed by atoms with Crippen molar-refractivity contribution in [3.8, 4) is 16.9 Å². The van der Waals surface area contributed by atoms with Gasteiger partial charge in [0.05, 0.1) is 13.3 Å².